The van der Waals surface area contributed by atoms with Crippen molar-refractivity contribution in [1.29, 1.82) is 0 Å². The van der Waals surface area contributed by atoms with Gasteiger partial charge in [-0.05, 0) is 25.1 Å². The number of ether oxygens (including phenoxy) is 1. The molecule has 17 heavy (non-hydrogen) atoms. The molecule has 1 N–H and O–H groups in total. The van der Waals surface area contributed by atoms with Gasteiger partial charge in [0.05, 0.1) is 0 Å². The molecule has 6 heteroatoms. The zero-order chi connectivity index (χ0) is 12.9. The summed E-state index contributed by atoms with van der Waals surface area (Å²) in [6, 6.07) is 2.05. The first-order valence-corrected chi connectivity index (χ1v) is 5.46. The lowest BCUT2D eigenvalue weighted by atomic mass is 10.2. The normalized spacial score (nSPS) is 13.9. The van der Waals surface area contributed by atoms with Crippen molar-refractivity contribution in [3.05, 3.63) is 24.0 Å². The second-order valence-corrected chi connectivity index (χ2v) is 3.83. The summed E-state index contributed by atoms with van der Waals surface area (Å²) < 4.78 is 41.7. The Morgan fingerprint density at radius 2 is 2.18 bits per heavy atom. The fraction of sp³-hybridized carbons (Fsp3) is 0.636. The molecule has 0 aromatic carbocycles. The van der Waals surface area contributed by atoms with E-state index in [1.54, 1.807) is 17.0 Å². The van der Waals surface area contributed by atoms with Gasteiger partial charge in [-0.3, -0.25) is 0 Å². The fourth-order valence-electron chi connectivity index (χ4n) is 1.49. The van der Waals surface area contributed by atoms with E-state index in [1.807, 2.05) is 19.9 Å². The Morgan fingerprint density at radius 3 is 2.76 bits per heavy atom. The van der Waals surface area contributed by atoms with Crippen molar-refractivity contribution in [2.24, 2.45) is 0 Å². The van der Waals surface area contributed by atoms with Crippen molar-refractivity contribution in [2.75, 3.05) is 13.2 Å². The van der Waals surface area contributed by atoms with Crippen LogP contribution in [0.3, 0.4) is 0 Å². The van der Waals surface area contributed by atoms with Gasteiger partial charge >= 0.3 is 6.18 Å². The predicted molar refractivity (Wildman–Crippen MR) is 58.5 cm³/mol. The molecule has 1 heterocycles. The minimum atomic E-state index is -4.27. The molecule has 0 aliphatic rings. The summed E-state index contributed by atoms with van der Waals surface area (Å²) in [7, 11) is 0. The Bertz CT molecular complexity index is 336. The third-order valence-electron chi connectivity index (χ3n) is 2.29. The van der Waals surface area contributed by atoms with Crippen molar-refractivity contribution >= 4 is 0 Å². The van der Waals surface area contributed by atoms with Crippen LogP contribution in [0.25, 0.3) is 0 Å². The van der Waals surface area contributed by atoms with Crippen LogP contribution in [0.2, 0.25) is 0 Å². The molecule has 0 saturated heterocycles. The van der Waals surface area contributed by atoms with Crippen LogP contribution < -0.4 is 5.32 Å². The zero-order valence-electron chi connectivity index (χ0n) is 9.92. The van der Waals surface area contributed by atoms with Gasteiger partial charge in [-0.1, -0.05) is 6.92 Å². The van der Waals surface area contributed by atoms with Gasteiger partial charge in [0.25, 0.3) is 0 Å². The highest BCUT2D eigenvalue weighted by molar-refractivity contribution is 5.14. The molecular formula is C11H17F3N2O. The summed E-state index contributed by atoms with van der Waals surface area (Å²) in [5.41, 5.74) is 1.03. The molecule has 1 atom stereocenters. The van der Waals surface area contributed by atoms with Crippen LogP contribution in [-0.2, 0) is 11.5 Å². The second-order valence-electron chi connectivity index (χ2n) is 3.83. The number of nitrogens with one attached hydrogen (secondary N) is 1. The van der Waals surface area contributed by atoms with Crippen molar-refractivity contribution in [2.45, 2.75) is 32.8 Å². The lowest BCUT2D eigenvalue weighted by Gasteiger charge is -2.10. The molecule has 3 nitrogen and oxygen atoms in total. The summed E-state index contributed by atoms with van der Waals surface area (Å²) in [6.45, 7) is 3.54. The van der Waals surface area contributed by atoms with Crippen LogP contribution in [0.5, 0.6) is 0 Å². The molecule has 98 valence electrons. The molecule has 0 aliphatic heterocycles. The van der Waals surface area contributed by atoms with Gasteiger partial charge in [-0.2, -0.15) is 13.2 Å². The van der Waals surface area contributed by atoms with E-state index in [0.717, 1.165) is 12.1 Å². The monoisotopic (exact) mass is 250 g/mol. The Labute approximate surface area is 98.6 Å². The Kier molecular flexibility index (Phi) is 5.02. The molecule has 1 aromatic heterocycles. The van der Waals surface area contributed by atoms with E-state index in [0.29, 0.717) is 0 Å². The first-order chi connectivity index (χ1) is 7.92. The first kappa shape index (κ1) is 14.1. The zero-order valence-corrected chi connectivity index (χ0v) is 9.92. The van der Waals surface area contributed by atoms with E-state index >= 15 is 0 Å². The van der Waals surface area contributed by atoms with Gasteiger partial charge in [0.2, 0.25) is 0 Å². The van der Waals surface area contributed by atoms with Crippen molar-refractivity contribution in [1.82, 2.24) is 9.88 Å². The third-order valence-corrected chi connectivity index (χ3v) is 2.29. The van der Waals surface area contributed by atoms with Crippen LogP contribution in [0.4, 0.5) is 13.2 Å². The van der Waals surface area contributed by atoms with E-state index in [9.17, 15) is 13.2 Å². The smallest absolute Gasteiger partial charge is 0.351 e. The molecule has 0 saturated carbocycles. The standard InChI is InChI=1S/C11H17F3N2O/c1-3-15-9(2)10-4-5-16(6-10)8-17-7-11(12,13)14/h4-6,9,15H,3,7-8H2,1-2H3. The lowest BCUT2D eigenvalue weighted by molar-refractivity contribution is -0.181. The molecule has 0 spiro atoms. The average molecular weight is 250 g/mol. The second kappa shape index (κ2) is 6.07. The van der Waals surface area contributed by atoms with Gasteiger partial charge in [0, 0.05) is 18.4 Å². The number of nitrogens with zero attached hydrogens (tertiary/aromatic N) is 1. The summed E-state index contributed by atoms with van der Waals surface area (Å²) in [5.74, 6) is 0. The maximum atomic E-state index is 11.8. The van der Waals surface area contributed by atoms with Crippen molar-refractivity contribution in [3.8, 4) is 0 Å². The minimum absolute atomic E-state index is 0.0850. The van der Waals surface area contributed by atoms with E-state index in [2.05, 4.69) is 10.1 Å². The topological polar surface area (TPSA) is 26.2 Å². The van der Waals surface area contributed by atoms with Crippen LogP contribution in [0.15, 0.2) is 18.5 Å². The van der Waals surface area contributed by atoms with Crippen LogP contribution in [0.1, 0.15) is 25.5 Å². The largest absolute Gasteiger partial charge is 0.411 e. The molecule has 0 radical (unpaired) electrons. The molecule has 0 aliphatic carbocycles. The number of halogens is 3. The molecule has 0 fully saturated rings. The Hall–Kier alpha value is -1.01. The molecule has 1 unspecified atom stereocenters. The predicted octanol–water partition coefficient (Wildman–Crippen LogP) is 2.70. The summed E-state index contributed by atoms with van der Waals surface area (Å²) >= 11 is 0. The fourth-order valence-corrected chi connectivity index (χ4v) is 1.49. The Balaban J connectivity index is 2.40. The third kappa shape index (κ3) is 5.23. The van der Waals surface area contributed by atoms with Crippen LogP contribution >= 0.6 is 0 Å². The number of hydrogen-bond acceptors (Lipinski definition) is 2. The number of hydrogen-bond donors (Lipinski definition) is 1. The lowest BCUT2D eigenvalue weighted by Crippen LogP contribution is -2.18. The maximum Gasteiger partial charge on any atom is 0.411 e. The van der Waals surface area contributed by atoms with Gasteiger partial charge in [-0.15, -0.1) is 0 Å². The number of rotatable bonds is 6. The van der Waals surface area contributed by atoms with Crippen LogP contribution in [0, 0.1) is 0 Å². The Morgan fingerprint density at radius 1 is 1.47 bits per heavy atom. The first-order valence-electron chi connectivity index (χ1n) is 5.46. The summed E-state index contributed by atoms with van der Waals surface area (Å²) in [5, 5.41) is 3.22. The van der Waals surface area contributed by atoms with E-state index in [1.165, 1.54) is 0 Å². The molecule has 0 bridgehead atoms. The van der Waals surface area contributed by atoms with Gasteiger partial charge in [-0.25, -0.2) is 0 Å². The SMILES string of the molecule is CCNC(C)c1ccn(COCC(F)(F)F)c1. The van der Waals surface area contributed by atoms with E-state index in [-0.39, 0.29) is 12.8 Å². The summed E-state index contributed by atoms with van der Waals surface area (Å²) in [4.78, 5) is 0. The highest BCUT2D eigenvalue weighted by Gasteiger charge is 2.27. The molecule has 1 rings (SSSR count). The van der Waals surface area contributed by atoms with Crippen LogP contribution in [-0.4, -0.2) is 23.9 Å². The maximum absolute atomic E-state index is 11.8. The summed E-state index contributed by atoms with van der Waals surface area (Å²) in [6.07, 6.45) is -0.781. The van der Waals surface area contributed by atoms with E-state index < -0.39 is 12.8 Å². The molecule has 1 aromatic rings. The highest BCUT2D eigenvalue weighted by Crippen LogP contribution is 2.16. The van der Waals surface area contributed by atoms with Gasteiger partial charge < -0.3 is 14.6 Å². The highest BCUT2D eigenvalue weighted by atomic mass is 19.4. The average Bonchev–Trinajstić information content (AvgIpc) is 2.65. The quantitative estimate of drug-likeness (QED) is 0.840. The molecular weight excluding hydrogens is 233 g/mol. The van der Waals surface area contributed by atoms with E-state index in [4.69, 9.17) is 0 Å². The minimum Gasteiger partial charge on any atom is -0.351 e. The van der Waals surface area contributed by atoms with Crippen molar-refractivity contribution < 1.29 is 17.9 Å². The van der Waals surface area contributed by atoms with Gasteiger partial charge in [0.15, 0.2) is 0 Å². The van der Waals surface area contributed by atoms with Gasteiger partial charge in [0.1, 0.15) is 13.3 Å². The number of aromatic nitrogens is 1. The molecule has 0 amide bonds. The number of alkyl halides is 3. The van der Waals surface area contributed by atoms with Crippen molar-refractivity contribution in [3.63, 3.8) is 0 Å².